The Bertz CT molecular complexity index is 199. The van der Waals surface area contributed by atoms with Crippen LogP contribution in [0.15, 0.2) is 0 Å². The van der Waals surface area contributed by atoms with Gasteiger partial charge in [0.2, 0.25) is 5.91 Å². The average molecular weight is 170 g/mol. The Hall–Kier alpha value is -0.610. The predicted molar refractivity (Wildman–Crippen MR) is 43.8 cm³/mol. The maximum Gasteiger partial charge on any atom is 0.236 e. The van der Waals surface area contributed by atoms with E-state index < -0.39 is 0 Å². The van der Waals surface area contributed by atoms with Gasteiger partial charge in [-0.15, -0.1) is 0 Å². The molecule has 1 unspecified atom stereocenters. The van der Waals surface area contributed by atoms with E-state index in [9.17, 15) is 4.79 Å². The summed E-state index contributed by atoms with van der Waals surface area (Å²) in [6.07, 6.45) is 0.961. The molecule has 1 amide bonds. The summed E-state index contributed by atoms with van der Waals surface area (Å²) in [7, 11) is 1.87. The monoisotopic (exact) mass is 170 g/mol. The molecule has 68 valence electrons. The second-order valence-electron chi connectivity index (χ2n) is 3.58. The fraction of sp³-hybridized carbons (Fsp3) is 0.875. The van der Waals surface area contributed by atoms with Crippen LogP contribution in [0.25, 0.3) is 0 Å². The van der Waals surface area contributed by atoms with Crippen LogP contribution in [0.5, 0.6) is 0 Å². The Kier molecular flexibility index (Phi) is 1.81. The van der Waals surface area contributed by atoms with E-state index in [0.29, 0.717) is 13.2 Å². The van der Waals surface area contributed by atoms with Gasteiger partial charge in [0.05, 0.1) is 18.7 Å². The van der Waals surface area contributed by atoms with Crippen LogP contribution in [0.4, 0.5) is 0 Å². The molecular weight excluding hydrogens is 156 g/mol. The molecule has 4 nitrogen and oxygen atoms in total. The predicted octanol–water partition coefficient (Wildman–Crippen LogP) is -0.793. The van der Waals surface area contributed by atoms with Gasteiger partial charge in [0.25, 0.3) is 0 Å². The van der Waals surface area contributed by atoms with Crippen LogP contribution in [-0.2, 0) is 9.53 Å². The molecule has 2 fully saturated rings. The molecule has 0 saturated carbocycles. The van der Waals surface area contributed by atoms with Crippen LogP contribution < -0.4 is 5.32 Å². The van der Waals surface area contributed by atoms with E-state index in [-0.39, 0.29) is 11.4 Å². The fourth-order valence-corrected chi connectivity index (χ4v) is 1.90. The van der Waals surface area contributed by atoms with Gasteiger partial charge in [-0.05, 0) is 6.42 Å². The molecule has 1 N–H and O–H groups in total. The molecular formula is C8H14N2O2. The largest absolute Gasteiger partial charge is 0.379 e. The van der Waals surface area contributed by atoms with E-state index in [1.165, 1.54) is 0 Å². The number of rotatable bonds is 0. The van der Waals surface area contributed by atoms with Crippen molar-refractivity contribution >= 4 is 5.91 Å². The van der Waals surface area contributed by atoms with Crippen LogP contribution in [0.3, 0.4) is 0 Å². The fourth-order valence-electron chi connectivity index (χ4n) is 1.90. The van der Waals surface area contributed by atoms with Gasteiger partial charge in [0, 0.05) is 20.2 Å². The number of ether oxygens (including phenoxy) is 1. The van der Waals surface area contributed by atoms with Crippen molar-refractivity contribution < 1.29 is 9.53 Å². The molecule has 0 bridgehead atoms. The Morgan fingerprint density at radius 3 is 3.17 bits per heavy atom. The van der Waals surface area contributed by atoms with Gasteiger partial charge < -0.3 is 15.0 Å². The molecule has 2 rings (SSSR count). The summed E-state index contributed by atoms with van der Waals surface area (Å²) in [5.41, 5.74) is -0.0463. The van der Waals surface area contributed by atoms with Crippen LogP contribution in [0, 0.1) is 0 Å². The van der Waals surface area contributed by atoms with Crippen molar-refractivity contribution in [3.63, 3.8) is 0 Å². The Morgan fingerprint density at radius 2 is 2.50 bits per heavy atom. The Morgan fingerprint density at radius 1 is 1.67 bits per heavy atom. The highest BCUT2D eigenvalue weighted by Crippen LogP contribution is 2.26. The number of carbonyl (C=O) groups is 1. The molecule has 2 heterocycles. The normalized spacial score (nSPS) is 36.4. The molecule has 0 aliphatic carbocycles. The maximum atomic E-state index is 11.4. The molecule has 4 heteroatoms. The lowest BCUT2D eigenvalue weighted by Crippen LogP contribution is -2.62. The summed E-state index contributed by atoms with van der Waals surface area (Å²) in [6.45, 7) is 2.80. The van der Waals surface area contributed by atoms with Crippen LogP contribution in [-0.4, -0.2) is 49.7 Å². The Labute approximate surface area is 71.9 Å². The zero-order valence-electron chi connectivity index (χ0n) is 7.30. The number of nitrogens with zero attached hydrogens (tertiary/aromatic N) is 1. The number of amides is 1. The van der Waals surface area contributed by atoms with E-state index in [0.717, 1.165) is 19.6 Å². The van der Waals surface area contributed by atoms with Crippen molar-refractivity contribution in [1.29, 1.82) is 0 Å². The number of nitrogens with one attached hydrogen (secondary N) is 1. The first-order valence-electron chi connectivity index (χ1n) is 4.30. The van der Waals surface area contributed by atoms with Gasteiger partial charge in [-0.1, -0.05) is 0 Å². The number of likely N-dealkylation sites (N-methyl/N-ethyl adjacent to an activating group) is 1. The van der Waals surface area contributed by atoms with E-state index in [1.807, 2.05) is 11.9 Å². The molecule has 0 radical (unpaired) electrons. The topological polar surface area (TPSA) is 41.6 Å². The summed E-state index contributed by atoms with van der Waals surface area (Å²) < 4.78 is 5.32. The van der Waals surface area contributed by atoms with E-state index in [1.54, 1.807) is 0 Å². The minimum Gasteiger partial charge on any atom is -0.379 e. The lowest BCUT2D eigenvalue weighted by atomic mass is 9.94. The lowest BCUT2D eigenvalue weighted by molar-refractivity contribution is -0.137. The third kappa shape index (κ3) is 1.03. The molecule has 1 spiro atoms. The van der Waals surface area contributed by atoms with Crippen LogP contribution >= 0.6 is 0 Å². The molecule has 12 heavy (non-hydrogen) atoms. The number of hydrogen-bond donors (Lipinski definition) is 1. The Balaban J connectivity index is 2.17. The van der Waals surface area contributed by atoms with Crippen molar-refractivity contribution in [2.24, 2.45) is 0 Å². The van der Waals surface area contributed by atoms with Crippen molar-refractivity contribution in [3.8, 4) is 0 Å². The van der Waals surface area contributed by atoms with Gasteiger partial charge in [-0.3, -0.25) is 4.79 Å². The molecule has 2 saturated heterocycles. The zero-order valence-corrected chi connectivity index (χ0v) is 7.30. The van der Waals surface area contributed by atoms with Gasteiger partial charge in [0.1, 0.15) is 0 Å². The minimum atomic E-state index is -0.0463. The molecule has 2 aliphatic rings. The molecule has 2 aliphatic heterocycles. The highest BCUT2D eigenvalue weighted by molar-refractivity contribution is 5.79. The first-order chi connectivity index (χ1) is 5.75. The molecule has 0 aromatic carbocycles. The number of carbonyl (C=O) groups excluding carboxylic acids is 1. The summed E-state index contributed by atoms with van der Waals surface area (Å²) in [6, 6.07) is 0. The summed E-state index contributed by atoms with van der Waals surface area (Å²) in [4.78, 5) is 13.2. The second-order valence-corrected chi connectivity index (χ2v) is 3.58. The van der Waals surface area contributed by atoms with Gasteiger partial charge in [-0.25, -0.2) is 0 Å². The number of piperazine rings is 1. The van der Waals surface area contributed by atoms with Gasteiger partial charge in [0.15, 0.2) is 0 Å². The van der Waals surface area contributed by atoms with Gasteiger partial charge in [-0.2, -0.15) is 0 Å². The van der Waals surface area contributed by atoms with E-state index in [2.05, 4.69) is 5.32 Å². The SMILES string of the molecule is CN1C(=O)CNCC12CCOC2. The average Bonchev–Trinajstić information content (AvgIpc) is 2.50. The van der Waals surface area contributed by atoms with E-state index >= 15 is 0 Å². The first-order valence-corrected chi connectivity index (χ1v) is 4.30. The first kappa shape index (κ1) is 8.01. The van der Waals surface area contributed by atoms with Gasteiger partial charge >= 0.3 is 0 Å². The number of hydrogen-bond acceptors (Lipinski definition) is 3. The van der Waals surface area contributed by atoms with Crippen molar-refractivity contribution in [2.45, 2.75) is 12.0 Å². The molecule has 0 aromatic rings. The third-order valence-corrected chi connectivity index (χ3v) is 2.90. The summed E-state index contributed by atoms with van der Waals surface area (Å²) >= 11 is 0. The highest BCUT2D eigenvalue weighted by atomic mass is 16.5. The standard InChI is InChI=1S/C8H14N2O2/c1-10-7(11)4-9-5-8(10)2-3-12-6-8/h9H,2-6H2,1H3. The van der Waals surface area contributed by atoms with Crippen LogP contribution in [0.2, 0.25) is 0 Å². The smallest absolute Gasteiger partial charge is 0.236 e. The van der Waals surface area contributed by atoms with E-state index in [4.69, 9.17) is 4.74 Å². The maximum absolute atomic E-state index is 11.4. The van der Waals surface area contributed by atoms with Crippen molar-refractivity contribution in [3.05, 3.63) is 0 Å². The molecule has 0 aromatic heterocycles. The van der Waals surface area contributed by atoms with Crippen LogP contribution in [0.1, 0.15) is 6.42 Å². The quantitative estimate of drug-likeness (QED) is 0.518. The minimum absolute atomic E-state index is 0.0463. The zero-order chi connectivity index (χ0) is 8.60. The lowest BCUT2D eigenvalue weighted by Gasteiger charge is -2.41. The summed E-state index contributed by atoms with van der Waals surface area (Å²) in [5, 5.41) is 3.13. The summed E-state index contributed by atoms with van der Waals surface area (Å²) in [5.74, 6) is 0.173. The highest BCUT2D eigenvalue weighted by Gasteiger charge is 2.43. The van der Waals surface area contributed by atoms with Crippen molar-refractivity contribution in [2.75, 3.05) is 33.4 Å². The second kappa shape index (κ2) is 2.71. The third-order valence-electron chi connectivity index (χ3n) is 2.90. The molecule has 1 atom stereocenters. The van der Waals surface area contributed by atoms with Crippen molar-refractivity contribution in [1.82, 2.24) is 10.2 Å².